The highest BCUT2D eigenvalue weighted by atomic mass is 35.5. The minimum Gasteiger partial charge on any atom is -0.486 e. The Bertz CT molecular complexity index is 920. The molecule has 29 heavy (non-hydrogen) atoms. The van der Waals surface area contributed by atoms with E-state index in [4.69, 9.17) is 16.3 Å². The van der Waals surface area contributed by atoms with Gasteiger partial charge in [0.25, 0.3) is 12.3 Å². The first-order valence-corrected chi connectivity index (χ1v) is 9.54. The number of rotatable bonds is 9. The Hall–Kier alpha value is -2.61. The molecule has 1 amide bonds. The quantitative estimate of drug-likeness (QED) is 0.667. The van der Waals surface area contributed by atoms with E-state index in [0.29, 0.717) is 17.1 Å². The molecule has 0 aliphatic heterocycles. The minimum absolute atomic E-state index is 0.103. The van der Waals surface area contributed by atoms with Crippen molar-refractivity contribution < 1.29 is 23.1 Å². The first-order chi connectivity index (χ1) is 13.8. The van der Waals surface area contributed by atoms with Gasteiger partial charge in [0.05, 0.1) is 11.4 Å². The number of hydrogen-bond acceptors (Lipinski definition) is 5. The maximum atomic E-state index is 12.5. The van der Waals surface area contributed by atoms with E-state index >= 15 is 0 Å². The van der Waals surface area contributed by atoms with Gasteiger partial charge in [0.15, 0.2) is 0 Å². The van der Waals surface area contributed by atoms with Gasteiger partial charge in [-0.05, 0) is 43.5 Å². The summed E-state index contributed by atoms with van der Waals surface area (Å²) in [5.74, 6) is 0.290. The number of ether oxygens (including phenoxy) is 1. The van der Waals surface area contributed by atoms with Gasteiger partial charge in [0, 0.05) is 18.2 Å². The van der Waals surface area contributed by atoms with Crippen LogP contribution in [0.2, 0.25) is 5.02 Å². The molecule has 154 valence electrons. The summed E-state index contributed by atoms with van der Waals surface area (Å²) >= 11 is 6.03. The number of amides is 1. The Labute approximate surface area is 171 Å². The molecule has 9 heteroatoms. The van der Waals surface area contributed by atoms with Crippen LogP contribution in [0.5, 0.6) is 5.75 Å². The number of carbonyl (C=O) groups is 2. The third-order valence-corrected chi connectivity index (χ3v) is 4.61. The van der Waals surface area contributed by atoms with Crippen molar-refractivity contribution in [3.05, 3.63) is 52.1 Å². The Balaban J connectivity index is 1.60. The van der Waals surface area contributed by atoms with Crippen molar-refractivity contribution in [1.82, 2.24) is 15.3 Å². The highest BCUT2D eigenvalue weighted by Crippen LogP contribution is 2.30. The van der Waals surface area contributed by atoms with Gasteiger partial charge in [0.2, 0.25) is 0 Å². The predicted octanol–water partition coefficient (Wildman–Crippen LogP) is 3.53. The predicted molar refractivity (Wildman–Crippen MR) is 102 cm³/mol. The SMILES string of the molecule is Cc1cc(C(=O)NCc2ccc(OCC(F)F)c(Cl)c2)nc(CC(=O)C2CC2)n1. The van der Waals surface area contributed by atoms with E-state index in [2.05, 4.69) is 15.3 Å². The van der Waals surface area contributed by atoms with Gasteiger partial charge in [-0.25, -0.2) is 18.7 Å². The molecule has 1 saturated carbocycles. The van der Waals surface area contributed by atoms with E-state index in [0.717, 1.165) is 12.8 Å². The fourth-order valence-corrected chi connectivity index (χ4v) is 2.99. The first-order valence-electron chi connectivity index (χ1n) is 9.16. The number of aryl methyl sites for hydroxylation is 1. The van der Waals surface area contributed by atoms with Crippen molar-refractivity contribution in [1.29, 1.82) is 0 Å². The molecule has 6 nitrogen and oxygen atoms in total. The summed E-state index contributed by atoms with van der Waals surface area (Å²) in [6.45, 7) is 1.16. The molecule has 1 fully saturated rings. The molecule has 1 aliphatic carbocycles. The number of nitrogens with zero attached hydrogens (tertiary/aromatic N) is 2. The van der Waals surface area contributed by atoms with Crippen molar-refractivity contribution in [2.24, 2.45) is 5.92 Å². The van der Waals surface area contributed by atoms with E-state index in [1.54, 1.807) is 19.1 Å². The summed E-state index contributed by atoms with van der Waals surface area (Å²) < 4.78 is 29.4. The standard InChI is InChI=1S/C20H20ClF2N3O3/c1-11-6-15(26-19(25-11)8-16(27)13-3-4-13)20(28)24-9-12-2-5-17(14(21)7-12)29-10-18(22)23/h2,5-7,13,18H,3-4,8-10H2,1H3,(H,24,28). The molecule has 0 unspecified atom stereocenters. The van der Waals surface area contributed by atoms with Crippen molar-refractivity contribution >= 4 is 23.3 Å². The van der Waals surface area contributed by atoms with Crippen LogP contribution < -0.4 is 10.1 Å². The number of carbonyl (C=O) groups excluding carboxylic acids is 2. The number of benzene rings is 1. The fourth-order valence-electron chi connectivity index (χ4n) is 2.73. The van der Waals surface area contributed by atoms with Gasteiger partial charge >= 0.3 is 0 Å². The van der Waals surface area contributed by atoms with Crippen LogP contribution in [-0.2, 0) is 17.8 Å². The lowest BCUT2D eigenvalue weighted by molar-refractivity contribution is -0.119. The van der Waals surface area contributed by atoms with Crippen LogP contribution in [0, 0.1) is 12.8 Å². The molecule has 0 bridgehead atoms. The number of Topliss-reactive ketones (excluding diaryl/α,β-unsaturated/α-hetero) is 1. The van der Waals surface area contributed by atoms with E-state index in [1.807, 2.05) is 0 Å². The van der Waals surface area contributed by atoms with E-state index in [-0.39, 0.29) is 41.1 Å². The van der Waals surface area contributed by atoms with E-state index in [1.165, 1.54) is 12.1 Å². The Morgan fingerprint density at radius 3 is 2.69 bits per heavy atom. The Kier molecular flexibility index (Phi) is 6.74. The van der Waals surface area contributed by atoms with Gasteiger partial charge in [0.1, 0.15) is 29.7 Å². The van der Waals surface area contributed by atoms with Crippen molar-refractivity contribution in [2.45, 2.75) is 39.2 Å². The molecule has 1 heterocycles. The number of aromatic nitrogens is 2. The zero-order valence-corrected chi connectivity index (χ0v) is 16.5. The van der Waals surface area contributed by atoms with Gasteiger partial charge in [-0.3, -0.25) is 9.59 Å². The maximum absolute atomic E-state index is 12.5. The molecule has 1 aliphatic rings. The second-order valence-corrected chi connectivity index (χ2v) is 7.28. The number of ketones is 1. The van der Waals surface area contributed by atoms with Gasteiger partial charge in [-0.2, -0.15) is 0 Å². The van der Waals surface area contributed by atoms with Gasteiger partial charge < -0.3 is 10.1 Å². The van der Waals surface area contributed by atoms with Crippen molar-refractivity contribution in [2.75, 3.05) is 6.61 Å². The second-order valence-electron chi connectivity index (χ2n) is 6.88. The van der Waals surface area contributed by atoms with Crippen LogP contribution in [-0.4, -0.2) is 34.7 Å². The third-order valence-electron chi connectivity index (χ3n) is 4.31. The summed E-state index contributed by atoms with van der Waals surface area (Å²) in [6, 6.07) is 6.18. The highest BCUT2D eigenvalue weighted by Gasteiger charge is 2.30. The monoisotopic (exact) mass is 423 g/mol. The topological polar surface area (TPSA) is 81.2 Å². The van der Waals surface area contributed by atoms with Gasteiger partial charge in [-0.1, -0.05) is 17.7 Å². The molecule has 1 aromatic carbocycles. The fraction of sp³-hybridized carbons (Fsp3) is 0.400. The molecular formula is C20H20ClF2N3O3. The van der Waals surface area contributed by atoms with Gasteiger partial charge in [-0.15, -0.1) is 0 Å². The first kappa shape index (κ1) is 21.1. The lowest BCUT2D eigenvalue weighted by atomic mass is 10.2. The van der Waals surface area contributed by atoms with Crippen LogP contribution in [0.3, 0.4) is 0 Å². The zero-order chi connectivity index (χ0) is 21.0. The molecule has 0 saturated heterocycles. The minimum atomic E-state index is -2.59. The summed E-state index contributed by atoms with van der Waals surface area (Å²) in [7, 11) is 0. The normalized spacial score (nSPS) is 13.4. The molecule has 1 aromatic heterocycles. The maximum Gasteiger partial charge on any atom is 0.272 e. The largest absolute Gasteiger partial charge is 0.486 e. The lowest BCUT2D eigenvalue weighted by Crippen LogP contribution is -2.25. The third kappa shape index (κ3) is 6.19. The smallest absolute Gasteiger partial charge is 0.272 e. The number of nitrogens with one attached hydrogen (secondary N) is 1. The molecule has 0 radical (unpaired) electrons. The average Bonchev–Trinajstić information content (AvgIpc) is 3.50. The summed E-state index contributed by atoms with van der Waals surface area (Å²) in [5.41, 5.74) is 1.45. The molecule has 1 N–H and O–H groups in total. The van der Waals surface area contributed by atoms with Crippen LogP contribution in [0.25, 0.3) is 0 Å². The highest BCUT2D eigenvalue weighted by molar-refractivity contribution is 6.32. The number of alkyl halides is 2. The lowest BCUT2D eigenvalue weighted by Gasteiger charge is -2.10. The summed E-state index contributed by atoms with van der Waals surface area (Å²) in [4.78, 5) is 32.9. The summed E-state index contributed by atoms with van der Waals surface area (Å²) in [5, 5.41) is 2.90. The van der Waals surface area contributed by atoms with Crippen LogP contribution in [0.1, 0.15) is 40.4 Å². The Morgan fingerprint density at radius 2 is 2.03 bits per heavy atom. The zero-order valence-electron chi connectivity index (χ0n) is 15.8. The molecule has 2 aromatic rings. The second kappa shape index (κ2) is 9.26. The average molecular weight is 424 g/mol. The summed E-state index contributed by atoms with van der Waals surface area (Å²) in [6.07, 6.45) is -0.646. The van der Waals surface area contributed by atoms with E-state index < -0.39 is 18.9 Å². The number of hydrogen-bond donors (Lipinski definition) is 1. The number of halogens is 3. The van der Waals surface area contributed by atoms with Crippen LogP contribution in [0.4, 0.5) is 8.78 Å². The van der Waals surface area contributed by atoms with Crippen LogP contribution in [0.15, 0.2) is 24.3 Å². The Morgan fingerprint density at radius 1 is 1.28 bits per heavy atom. The molecule has 0 atom stereocenters. The molecule has 0 spiro atoms. The molecule has 3 rings (SSSR count). The van der Waals surface area contributed by atoms with Crippen molar-refractivity contribution in [3.8, 4) is 5.75 Å². The van der Waals surface area contributed by atoms with Crippen LogP contribution >= 0.6 is 11.6 Å². The molecular weight excluding hydrogens is 404 g/mol. The van der Waals surface area contributed by atoms with Crippen molar-refractivity contribution in [3.63, 3.8) is 0 Å². The van der Waals surface area contributed by atoms with E-state index in [9.17, 15) is 18.4 Å².